The molecule has 0 fully saturated rings. The molecule has 0 radical (unpaired) electrons. The molecule has 1 aliphatic heterocycles. The van der Waals surface area contributed by atoms with Crippen molar-refractivity contribution in [3.8, 4) is 11.5 Å². The molecular formula is C16H22O4. The predicted molar refractivity (Wildman–Crippen MR) is 76.9 cm³/mol. The van der Waals surface area contributed by atoms with Crippen LogP contribution in [0.1, 0.15) is 32.3 Å². The molecule has 1 unspecified atom stereocenters. The van der Waals surface area contributed by atoms with Crippen LogP contribution in [-0.4, -0.2) is 24.1 Å². The Morgan fingerprint density at radius 1 is 1.35 bits per heavy atom. The van der Waals surface area contributed by atoms with E-state index >= 15 is 0 Å². The maximum absolute atomic E-state index is 9.99. The third-order valence-corrected chi connectivity index (χ3v) is 3.07. The molecule has 1 aromatic carbocycles. The number of rotatable bonds is 7. The molecule has 0 saturated carbocycles. The van der Waals surface area contributed by atoms with Gasteiger partial charge in [0.2, 0.25) is 6.79 Å². The van der Waals surface area contributed by atoms with Crippen LogP contribution >= 0.6 is 0 Å². The van der Waals surface area contributed by atoms with Gasteiger partial charge in [0.25, 0.3) is 0 Å². The summed E-state index contributed by atoms with van der Waals surface area (Å²) in [4.78, 5) is 0. The van der Waals surface area contributed by atoms with Gasteiger partial charge in [-0.05, 0) is 44.4 Å². The van der Waals surface area contributed by atoms with Crippen molar-refractivity contribution in [1.29, 1.82) is 0 Å². The molecule has 1 heterocycles. The van der Waals surface area contributed by atoms with Crippen LogP contribution < -0.4 is 9.47 Å². The molecule has 0 aromatic heterocycles. The zero-order valence-corrected chi connectivity index (χ0v) is 12.1. The van der Waals surface area contributed by atoms with Crippen LogP contribution in [0.4, 0.5) is 0 Å². The van der Waals surface area contributed by atoms with Crippen LogP contribution in [-0.2, 0) is 11.2 Å². The molecule has 0 aliphatic carbocycles. The van der Waals surface area contributed by atoms with Crippen LogP contribution in [0.5, 0.6) is 11.5 Å². The number of hydrogen-bond acceptors (Lipinski definition) is 4. The summed E-state index contributed by atoms with van der Waals surface area (Å²) in [6.45, 7) is 8.00. The first-order chi connectivity index (χ1) is 9.54. The van der Waals surface area contributed by atoms with Gasteiger partial charge in [-0.25, -0.2) is 0 Å². The monoisotopic (exact) mass is 278 g/mol. The summed E-state index contributed by atoms with van der Waals surface area (Å²) >= 11 is 0. The Hall–Kier alpha value is -1.68. The van der Waals surface area contributed by atoms with E-state index in [9.17, 15) is 5.11 Å². The van der Waals surface area contributed by atoms with Crippen molar-refractivity contribution in [3.05, 3.63) is 36.1 Å². The van der Waals surface area contributed by atoms with Gasteiger partial charge in [-0.2, -0.15) is 0 Å². The standard InChI is InChI=1S/C16H22O4/c1-11(2)20-12(3)8-14(17)6-4-13-5-7-15-16(9-13)19-10-18-15/h5,7,9,11,14,17H,3-4,6,8,10H2,1-2H3. The average molecular weight is 278 g/mol. The van der Waals surface area contributed by atoms with Crippen molar-refractivity contribution in [2.45, 2.75) is 45.3 Å². The van der Waals surface area contributed by atoms with Gasteiger partial charge in [0.15, 0.2) is 11.5 Å². The predicted octanol–water partition coefficient (Wildman–Crippen LogP) is 3.04. The largest absolute Gasteiger partial charge is 0.496 e. The van der Waals surface area contributed by atoms with Crippen molar-refractivity contribution < 1.29 is 19.3 Å². The number of aryl methyl sites for hydroxylation is 1. The second kappa shape index (κ2) is 6.66. The molecule has 110 valence electrons. The SMILES string of the molecule is C=C(CC(O)CCc1ccc2c(c1)OCO2)OC(C)C. The Morgan fingerprint density at radius 2 is 2.10 bits per heavy atom. The lowest BCUT2D eigenvalue weighted by Gasteiger charge is -2.16. The topological polar surface area (TPSA) is 47.9 Å². The van der Waals surface area contributed by atoms with Gasteiger partial charge in [-0.3, -0.25) is 0 Å². The molecule has 4 nitrogen and oxygen atoms in total. The summed E-state index contributed by atoms with van der Waals surface area (Å²) in [5, 5.41) is 9.99. The van der Waals surface area contributed by atoms with Gasteiger partial charge in [-0.15, -0.1) is 0 Å². The Kier molecular flexibility index (Phi) is 4.90. The fraction of sp³-hybridized carbons (Fsp3) is 0.500. The van der Waals surface area contributed by atoms with E-state index in [0.29, 0.717) is 18.6 Å². The van der Waals surface area contributed by atoms with Crippen LogP contribution in [0.15, 0.2) is 30.5 Å². The Labute approximate surface area is 120 Å². The highest BCUT2D eigenvalue weighted by molar-refractivity contribution is 5.44. The second-order valence-corrected chi connectivity index (χ2v) is 5.29. The summed E-state index contributed by atoms with van der Waals surface area (Å²) in [7, 11) is 0. The first-order valence-electron chi connectivity index (χ1n) is 6.95. The summed E-state index contributed by atoms with van der Waals surface area (Å²) in [5.74, 6) is 2.20. The molecule has 1 atom stereocenters. The molecule has 0 saturated heterocycles. The van der Waals surface area contributed by atoms with Crippen molar-refractivity contribution in [2.24, 2.45) is 0 Å². The second-order valence-electron chi connectivity index (χ2n) is 5.29. The molecule has 2 rings (SSSR count). The normalized spacial score (nSPS) is 14.4. The molecule has 1 N–H and O–H groups in total. The highest BCUT2D eigenvalue weighted by Crippen LogP contribution is 2.32. The number of benzene rings is 1. The third-order valence-electron chi connectivity index (χ3n) is 3.07. The first kappa shape index (κ1) is 14.7. The number of aliphatic hydroxyl groups is 1. The lowest BCUT2D eigenvalue weighted by molar-refractivity contribution is 0.0989. The molecule has 4 heteroatoms. The molecule has 0 bridgehead atoms. The summed E-state index contributed by atoms with van der Waals surface area (Å²) in [6.07, 6.45) is 1.59. The van der Waals surface area contributed by atoms with Gasteiger partial charge in [0.05, 0.1) is 18.0 Å². The highest BCUT2D eigenvalue weighted by Gasteiger charge is 2.14. The molecule has 20 heavy (non-hydrogen) atoms. The maximum Gasteiger partial charge on any atom is 0.231 e. The minimum absolute atomic E-state index is 0.101. The van der Waals surface area contributed by atoms with E-state index in [1.165, 1.54) is 0 Å². The molecule has 1 aliphatic rings. The summed E-state index contributed by atoms with van der Waals surface area (Å²) in [5.41, 5.74) is 1.13. The number of hydrogen-bond donors (Lipinski definition) is 1. The summed E-state index contributed by atoms with van der Waals surface area (Å²) in [6, 6.07) is 5.87. The zero-order valence-electron chi connectivity index (χ0n) is 12.1. The lowest BCUT2D eigenvalue weighted by atomic mass is 10.0. The van der Waals surface area contributed by atoms with Gasteiger partial charge >= 0.3 is 0 Å². The van der Waals surface area contributed by atoms with E-state index in [1.54, 1.807) is 0 Å². The molecular weight excluding hydrogens is 256 g/mol. The number of fused-ring (bicyclic) bond motifs is 1. The van der Waals surface area contributed by atoms with Crippen LogP contribution in [0.3, 0.4) is 0 Å². The van der Waals surface area contributed by atoms with E-state index in [4.69, 9.17) is 14.2 Å². The van der Waals surface area contributed by atoms with Gasteiger partial charge in [0.1, 0.15) is 0 Å². The minimum Gasteiger partial charge on any atom is -0.496 e. The van der Waals surface area contributed by atoms with Crippen LogP contribution in [0, 0.1) is 0 Å². The number of ether oxygens (including phenoxy) is 3. The van der Waals surface area contributed by atoms with Gasteiger partial charge in [0, 0.05) is 6.42 Å². The Morgan fingerprint density at radius 3 is 2.85 bits per heavy atom. The zero-order chi connectivity index (χ0) is 14.5. The Balaban J connectivity index is 1.78. The van der Waals surface area contributed by atoms with Gasteiger partial charge < -0.3 is 19.3 Å². The molecule has 0 amide bonds. The molecule has 1 aromatic rings. The van der Waals surface area contributed by atoms with E-state index < -0.39 is 6.10 Å². The van der Waals surface area contributed by atoms with Crippen LogP contribution in [0.2, 0.25) is 0 Å². The average Bonchev–Trinajstić information content (AvgIpc) is 2.82. The van der Waals surface area contributed by atoms with Crippen molar-refractivity contribution in [2.75, 3.05) is 6.79 Å². The summed E-state index contributed by atoms with van der Waals surface area (Å²) < 4.78 is 16.0. The quantitative estimate of drug-likeness (QED) is 0.779. The van der Waals surface area contributed by atoms with Crippen molar-refractivity contribution >= 4 is 0 Å². The molecule has 0 spiro atoms. The minimum atomic E-state index is -0.438. The lowest BCUT2D eigenvalue weighted by Crippen LogP contribution is -2.12. The first-order valence-corrected chi connectivity index (χ1v) is 6.95. The highest BCUT2D eigenvalue weighted by atomic mass is 16.7. The van der Waals surface area contributed by atoms with E-state index in [2.05, 4.69) is 6.58 Å². The Bertz CT molecular complexity index is 468. The third kappa shape index (κ3) is 4.17. The number of aliphatic hydroxyl groups excluding tert-OH is 1. The van der Waals surface area contributed by atoms with E-state index in [0.717, 1.165) is 23.5 Å². The fourth-order valence-electron chi connectivity index (χ4n) is 2.18. The fourth-order valence-corrected chi connectivity index (χ4v) is 2.18. The smallest absolute Gasteiger partial charge is 0.231 e. The van der Waals surface area contributed by atoms with Crippen molar-refractivity contribution in [1.82, 2.24) is 0 Å². The van der Waals surface area contributed by atoms with Crippen molar-refractivity contribution in [3.63, 3.8) is 0 Å². The van der Waals surface area contributed by atoms with E-state index in [1.807, 2.05) is 32.0 Å². The maximum atomic E-state index is 9.99. The van der Waals surface area contributed by atoms with E-state index in [-0.39, 0.29) is 12.9 Å². The van der Waals surface area contributed by atoms with Gasteiger partial charge in [-0.1, -0.05) is 12.6 Å². The van der Waals surface area contributed by atoms with Crippen LogP contribution in [0.25, 0.3) is 0 Å².